The number of hydrogen-bond acceptors (Lipinski definition) is 4. The summed E-state index contributed by atoms with van der Waals surface area (Å²) in [5, 5.41) is 0. The molecule has 0 atom stereocenters. The van der Waals surface area contributed by atoms with Crippen LogP contribution in [0.3, 0.4) is 0 Å². The van der Waals surface area contributed by atoms with E-state index in [9.17, 15) is 0 Å². The van der Waals surface area contributed by atoms with Crippen LogP contribution in [0.4, 0.5) is 0 Å². The van der Waals surface area contributed by atoms with Crippen molar-refractivity contribution in [1.82, 2.24) is 0 Å². The maximum absolute atomic E-state index is 5.43. The zero-order valence-corrected chi connectivity index (χ0v) is 10.9. The summed E-state index contributed by atoms with van der Waals surface area (Å²) in [6, 6.07) is 0.436. The standard InChI is InChI=1S/C10H21NO3Si/c1-12-15(3,13-2)14-9-11-10-7-5-4-6-8-10/h9-10H,4-8H2,1-3H3. The first-order valence-electron chi connectivity index (χ1n) is 5.50. The quantitative estimate of drug-likeness (QED) is 0.414. The highest BCUT2D eigenvalue weighted by Crippen LogP contribution is 2.20. The number of hydrogen-bond donors (Lipinski definition) is 0. The van der Waals surface area contributed by atoms with Gasteiger partial charge in [0.1, 0.15) is 0 Å². The molecule has 1 rings (SSSR count). The summed E-state index contributed by atoms with van der Waals surface area (Å²) >= 11 is 0. The van der Waals surface area contributed by atoms with Crippen molar-refractivity contribution in [2.45, 2.75) is 44.7 Å². The Morgan fingerprint density at radius 1 is 1.13 bits per heavy atom. The van der Waals surface area contributed by atoms with E-state index in [2.05, 4.69) is 4.99 Å². The third-order valence-electron chi connectivity index (χ3n) is 2.85. The molecule has 0 aromatic heterocycles. The van der Waals surface area contributed by atoms with Gasteiger partial charge in [0.2, 0.25) is 0 Å². The zero-order chi connectivity index (χ0) is 11.1. The third kappa shape index (κ3) is 4.32. The highest BCUT2D eigenvalue weighted by molar-refractivity contribution is 6.60. The van der Waals surface area contributed by atoms with Crippen molar-refractivity contribution in [2.24, 2.45) is 4.99 Å². The zero-order valence-electron chi connectivity index (χ0n) is 9.86. The molecule has 0 aromatic carbocycles. The predicted molar refractivity (Wildman–Crippen MR) is 62.1 cm³/mol. The Morgan fingerprint density at radius 3 is 2.27 bits per heavy atom. The van der Waals surface area contributed by atoms with Crippen molar-refractivity contribution in [2.75, 3.05) is 14.2 Å². The van der Waals surface area contributed by atoms with Gasteiger partial charge in [-0.3, -0.25) is 4.99 Å². The molecule has 88 valence electrons. The SMILES string of the molecule is CO[Si](C)(OC)OC=NC1CCCCC1. The molecule has 0 aromatic rings. The maximum Gasteiger partial charge on any atom is 0.562 e. The van der Waals surface area contributed by atoms with Gasteiger partial charge >= 0.3 is 8.80 Å². The van der Waals surface area contributed by atoms with Crippen LogP contribution < -0.4 is 0 Å². The Morgan fingerprint density at radius 2 is 1.73 bits per heavy atom. The van der Waals surface area contributed by atoms with Gasteiger partial charge in [-0.2, -0.15) is 0 Å². The summed E-state index contributed by atoms with van der Waals surface area (Å²) in [5.41, 5.74) is 0. The fraction of sp³-hybridized carbons (Fsp3) is 0.900. The van der Waals surface area contributed by atoms with Gasteiger partial charge in [0.25, 0.3) is 0 Å². The normalized spacial score (nSPS) is 19.7. The van der Waals surface area contributed by atoms with Gasteiger partial charge in [0, 0.05) is 20.8 Å². The molecule has 0 aliphatic heterocycles. The van der Waals surface area contributed by atoms with E-state index < -0.39 is 8.80 Å². The van der Waals surface area contributed by atoms with E-state index >= 15 is 0 Å². The molecule has 1 saturated carbocycles. The number of rotatable bonds is 5. The summed E-state index contributed by atoms with van der Waals surface area (Å²) in [4.78, 5) is 4.39. The lowest BCUT2D eigenvalue weighted by atomic mass is 9.96. The second-order valence-electron chi connectivity index (χ2n) is 3.93. The summed E-state index contributed by atoms with van der Waals surface area (Å²) in [7, 11) is 0.772. The Kier molecular flexibility index (Phi) is 5.28. The molecule has 0 amide bonds. The van der Waals surface area contributed by atoms with Crippen LogP contribution in [0.25, 0.3) is 0 Å². The third-order valence-corrected chi connectivity index (χ3v) is 4.87. The minimum absolute atomic E-state index is 0.436. The maximum atomic E-state index is 5.43. The molecule has 0 bridgehead atoms. The van der Waals surface area contributed by atoms with Crippen molar-refractivity contribution in [3.63, 3.8) is 0 Å². The lowest BCUT2D eigenvalue weighted by molar-refractivity contribution is 0.167. The van der Waals surface area contributed by atoms with Gasteiger partial charge in [-0.15, -0.1) is 0 Å². The molecule has 1 aliphatic rings. The van der Waals surface area contributed by atoms with Crippen molar-refractivity contribution in [1.29, 1.82) is 0 Å². The molecule has 1 aliphatic carbocycles. The van der Waals surface area contributed by atoms with Crippen LogP contribution in [0.1, 0.15) is 32.1 Å². The molecule has 5 heteroatoms. The monoisotopic (exact) mass is 231 g/mol. The van der Waals surface area contributed by atoms with E-state index in [-0.39, 0.29) is 0 Å². The molecule has 4 nitrogen and oxygen atoms in total. The Labute approximate surface area is 93.0 Å². The molecule has 1 fully saturated rings. The van der Waals surface area contributed by atoms with E-state index in [1.54, 1.807) is 14.2 Å². The second-order valence-corrected chi connectivity index (χ2v) is 6.71. The van der Waals surface area contributed by atoms with Crippen molar-refractivity contribution >= 4 is 15.2 Å². The number of aliphatic imine (C=N–C) groups is 1. The largest absolute Gasteiger partial charge is 0.562 e. The van der Waals surface area contributed by atoms with E-state index in [1.807, 2.05) is 6.55 Å². The van der Waals surface area contributed by atoms with Crippen LogP contribution in [0.15, 0.2) is 4.99 Å². The molecule has 0 N–H and O–H groups in total. The predicted octanol–water partition coefficient (Wildman–Crippen LogP) is 2.23. The van der Waals surface area contributed by atoms with Crippen LogP contribution in [-0.2, 0) is 13.3 Å². The molecule has 15 heavy (non-hydrogen) atoms. The van der Waals surface area contributed by atoms with Gasteiger partial charge in [0.05, 0.1) is 6.04 Å². The van der Waals surface area contributed by atoms with E-state index in [4.69, 9.17) is 13.3 Å². The fourth-order valence-corrected chi connectivity index (χ4v) is 2.23. The second kappa shape index (κ2) is 6.25. The number of nitrogens with zero attached hydrogens (tertiary/aromatic N) is 1. The van der Waals surface area contributed by atoms with Gasteiger partial charge in [-0.05, 0) is 12.8 Å². The van der Waals surface area contributed by atoms with Gasteiger partial charge in [-0.25, -0.2) is 0 Å². The molecule has 0 unspecified atom stereocenters. The fourth-order valence-electron chi connectivity index (χ4n) is 1.62. The van der Waals surface area contributed by atoms with Gasteiger partial charge < -0.3 is 13.3 Å². The van der Waals surface area contributed by atoms with Crippen LogP contribution in [0.2, 0.25) is 6.55 Å². The van der Waals surface area contributed by atoms with Crippen molar-refractivity contribution in [3.8, 4) is 0 Å². The van der Waals surface area contributed by atoms with Gasteiger partial charge in [0.15, 0.2) is 6.40 Å². The minimum atomic E-state index is -2.43. The first kappa shape index (κ1) is 12.7. The Hall–Kier alpha value is -0.393. The first-order chi connectivity index (χ1) is 7.20. The van der Waals surface area contributed by atoms with Crippen molar-refractivity contribution < 1.29 is 13.3 Å². The van der Waals surface area contributed by atoms with Crippen LogP contribution >= 0.6 is 0 Å². The molecular formula is C10H21NO3Si. The highest BCUT2D eigenvalue weighted by Gasteiger charge is 2.33. The van der Waals surface area contributed by atoms with Crippen LogP contribution in [-0.4, -0.2) is 35.5 Å². The molecule has 0 radical (unpaired) electrons. The van der Waals surface area contributed by atoms with Gasteiger partial charge in [-0.1, -0.05) is 19.3 Å². The molecule has 0 saturated heterocycles. The summed E-state index contributed by atoms with van der Waals surface area (Å²) < 4.78 is 15.8. The average molecular weight is 231 g/mol. The minimum Gasteiger partial charge on any atom is -0.492 e. The molecule has 0 heterocycles. The lowest BCUT2D eigenvalue weighted by Gasteiger charge is -2.21. The smallest absolute Gasteiger partial charge is 0.492 e. The Balaban J connectivity index is 2.30. The lowest BCUT2D eigenvalue weighted by Crippen LogP contribution is -2.39. The summed E-state index contributed by atoms with van der Waals surface area (Å²) in [6.07, 6.45) is 7.79. The van der Waals surface area contributed by atoms with Crippen molar-refractivity contribution in [3.05, 3.63) is 0 Å². The van der Waals surface area contributed by atoms with Crippen LogP contribution in [0.5, 0.6) is 0 Å². The summed E-state index contributed by atoms with van der Waals surface area (Å²) in [5.74, 6) is 0. The van der Waals surface area contributed by atoms with E-state index in [1.165, 1.54) is 38.5 Å². The molecular weight excluding hydrogens is 210 g/mol. The summed E-state index contributed by atoms with van der Waals surface area (Å²) in [6.45, 7) is 1.85. The Bertz CT molecular complexity index is 201. The topological polar surface area (TPSA) is 40.0 Å². The first-order valence-corrected chi connectivity index (χ1v) is 7.72. The molecule has 0 spiro atoms. The van der Waals surface area contributed by atoms with Crippen LogP contribution in [0, 0.1) is 0 Å². The van der Waals surface area contributed by atoms with E-state index in [0.717, 1.165) is 0 Å². The highest BCUT2D eigenvalue weighted by atomic mass is 28.4. The van der Waals surface area contributed by atoms with E-state index in [0.29, 0.717) is 6.04 Å². The average Bonchev–Trinajstić information content (AvgIpc) is 2.30.